The van der Waals surface area contributed by atoms with Gasteiger partial charge in [-0.05, 0) is 117 Å². The zero-order valence-corrected chi connectivity index (χ0v) is 44.8. The average Bonchev–Trinajstić information content (AvgIpc) is 3.19. The number of nitrogens with one attached hydrogen (secondary N) is 6. The van der Waals surface area contributed by atoms with E-state index in [1.54, 1.807) is 110 Å². The maximum absolute atomic E-state index is 13.9. The minimum Gasteiger partial charge on any atom is -0.444 e. The topological polar surface area (TPSA) is 365 Å². The van der Waals surface area contributed by atoms with Gasteiger partial charge in [-0.25, -0.2) is 24.0 Å². The molecule has 73 heavy (non-hydrogen) atoms. The largest absolute Gasteiger partial charge is 0.444 e. The van der Waals surface area contributed by atoms with Crippen LogP contribution in [0, 0.1) is 0 Å². The Labute approximate surface area is 427 Å². The number of aliphatic hydroxyl groups excluding tert-OH is 4. The molecular formula is C47H83N7O19. The van der Waals surface area contributed by atoms with Crippen molar-refractivity contribution in [1.29, 1.82) is 0 Å². The van der Waals surface area contributed by atoms with Gasteiger partial charge in [0.2, 0.25) is 5.91 Å². The van der Waals surface area contributed by atoms with Crippen LogP contribution < -0.4 is 37.6 Å². The van der Waals surface area contributed by atoms with Gasteiger partial charge in [0.15, 0.2) is 12.6 Å². The molecular weight excluding hydrogens is 967 g/mol. The Kier molecular flexibility index (Phi) is 21.9. The van der Waals surface area contributed by atoms with Crippen molar-refractivity contribution in [2.45, 2.75) is 230 Å². The Balaban J connectivity index is 2.13. The third-order valence-electron chi connectivity index (χ3n) is 10.3. The van der Waals surface area contributed by atoms with Gasteiger partial charge in [-0.1, -0.05) is 12.2 Å². The lowest BCUT2D eigenvalue weighted by Crippen LogP contribution is -2.72. The molecule has 12 N–H and O–H groups in total. The third-order valence-corrected chi connectivity index (χ3v) is 10.3. The predicted octanol–water partition coefficient (Wildman–Crippen LogP) is 1.17. The number of carbonyl (C=O) groups is 6. The molecule has 3 rings (SSSR count). The summed E-state index contributed by atoms with van der Waals surface area (Å²) < 4.78 is 52.3. The predicted molar refractivity (Wildman–Crippen MR) is 258 cm³/mol. The van der Waals surface area contributed by atoms with Crippen LogP contribution in [-0.2, 0) is 47.4 Å². The van der Waals surface area contributed by atoms with Crippen molar-refractivity contribution < 1.29 is 91.8 Å². The van der Waals surface area contributed by atoms with Crippen LogP contribution in [0.2, 0.25) is 0 Å². The molecule has 14 atom stereocenters. The second-order valence-corrected chi connectivity index (χ2v) is 23.0. The highest BCUT2D eigenvalue weighted by atomic mass is 16.7. The van der Waals surface area contributed by atoms with Crippen molar-refractivity contribution in [2.75, 3.05) is 19.7 Å². The van der Waals surface area contributed by atoms with Crippen molar-refractivity contribution in [1.82, 2.24) is 31.9 Å². The van der Waals surface area contributed by atoms with E-state index in [0.717, 1.165) is 0 Å². The van der Waals surface area contributed by atoms with Crippen molar-refractivity contribution in [3.63, 3.8) is 0 Å². The summed E-state index contributed by atoms with van der Waals surface area (Å²) in [5, 5.41) is 59.9. The first-order valence-corrected chi connectivity index (χ1v) is 24.3. The fourth-order valence-electron chi connectivity index (χ4n) is 7.46. The highest BCUT2D eigenvalue weighted by Gasteiger charge is 2.53. The van der Waals surface area contributed by atoms with Gasteiger partial charge in [0.25, 0.3) is 0 Å². The van der Waals surface area contributed by atoms with E-state index in [4.69, 9.17) is 48.4 Å². The molecule has 0 bridgehead atoms. The van der Waals surface area contributed by atoms with Gasteiger partial charge in [0.05, 0.1) is 55.6 Å². The summed E-state index contributed by atoms with van der Waals surface area (Å²) in [6.07, 6.45) is -16.1. The zero-order chi connectivity index (χ0) is 55.6. The summed E-state index contributed by atoms with van der Waals surface area (Å²) >= 11 is 0. The SMILES string of the molecule is CC(C)(C)OC(=O)NCC[C@H](O)C(=O)N[C@@H]1C[C@H](NC(=O)OC(C)(C)C)C(O[C@H]2OC(CNC(=O)OC(C)(C)C)C=CC2NC(=O)OC(C)(C)C)C(N)[C@H]1O[C@H]1OC(CO)[C@@H](O)[C@H](NC(=O)OC(C)(C)C)C1O. The Hall–Kier alpha value is -4.80. The quantitative estimate of drug-likeness (QED) is 0.0810. The molecule has 0 aromatic heterocycles. The first kappa shape index (κ1) is 62.5. The minimum atomic E-state index is -1.91. The number of hydrogen-bond donors (Lipinski definition) is 11. The average molecular weight is 1050 g/mol. The molecule has 3 aliphatic rings. The maximum atomic E-state index is 13.9. The molecule has 0 aromatic rings. The summed E-state index contributed by atoms with van der Waals surface area (Å²) in [7, 11) is 0. The lowest BCUT2D eigenvalue weighted by Gasteiger charge is -2.49. The van der Waals surface area contributed by atoms with Crippen molar-refractivity contribution in [3.8, 4) is 0 Å². The van der Waals surface area contributed by atoms with E-state index in [0.29, 0.717) is 0 Å². The number of nitrogens with two attached hydrogens (primary N) is 1. The molecule has 0 aromatic carbocycles. The molecule has 2 fully saturated rings. The van der Waals surface area contributed by atoms with E-state index in [-0.39, 0.29) is 25.9 Å². The number of alkyl carbamates (subject to hydrolysis) is 5. The van der Waals surface area contributed by atoms with E-state index in [1.165, 1.54) is 6.08 Å². The first-order chi connectivity index (χ1) is 33.3. The van der Waals surface area contributed by atoms with Gasteiger partial charge in [-0.2, -0.15) is 0 Å². The van der Waals surface area contributed by atoms with Gasteiger partial charge in [-0.15, -0.1) is 0 Å². The van der Waals surface area contributed by atoms with Crippen LogP contribution in [0.1, 0.15) is 117 Å². The lowest BCUT2D eigenvalue weighted by molar-refractivity contribution is -0.303. The molecule has 26 nitrogen and oxygen atoms in total. The van der Waals surface area contributed by atoms with E-state index in [2.05, 4.69) is 31.9 Å². The monoisotopic (exact) mass is 1050 g/mol. The molecule has 6 unspecified atom stereocenters. The van der Waals surface area contributed by atoms with Crippen LogP contribution >= 0.6 is 0 Å². The molecule has 0 radical (unpaired) electrons. The zero-order valence-electron chi connectivity index (χ0n) is 44.8. The second-order valence-electron chi connectivity index (χ2n) is 23.0. The molecule has 0 spiro atoms. The molecule has 1 saturated carbocycles. The molecule has 2 heterocycles. The normalized spacial score (nSPS) is 29.3. The van der Waals surface area contributed by atoms with Crippen molar-refractivity contribution in [2.24, 2.45) is 5.73 Å². The molecule has 1 saturated heterocycles. The number of ether oxygens (including phenoxy) is 9. The number of rotatable bonds is 15. The van der Waals surface area contributed by atoms with Gasteiger partial charge in [-0.3, -0.25) is 4.79 Å². The summed E-state index contributed by atoms with van der Waals surface area (Å²) in [5.74, 6) is -0.992. The van der Waals surface area contributed by atoms with Gasteiger partial charge >= 0.3 is 30.5 Å². The summed E-state index contributed by atoms with van der Waals surface area (Å²) in [6, 6.07) is -6.79. The molecule has 2 aliphatic heterocycles. The maximum Gasteiger partial charge on any atom is 0.408 e. The lowest BCUT2D eigenvalue weighted by atomic mass is 9.81. The Bertz CT molecular complexity index is 1890. The van der Waals surface area contributed by atoms with Crippen LogP contribution in [0.25, 0.3) is 0 Å². The highest BCUT2D eigenvalue weighted by Crippen LogP contribution is 2.32. The molecule has 6 amide bonds. The standard InChI is InChI=1S/C47H83N7O19/c1-43(2,3)69-38(60)49-19-18-27(56)35(59)51-25-20-26(53-41(63)72-46(10,11)12)34(29(48)33(25)68-37-32(58)30(31(57)28(22-55)66-37)54-42(64)73-47(13,14)15)67-36-24(52-40(62)71-45(7,8)9)17-16-23(65-36)21-50-39(61)70-44(4,5)6/h16-17,23-34,36-37,55-58H,18-22,48H2,1-15H3,(H,49,60)(H,50,61)(H,51,59)(H,52,62)(H,53,63)(H,54,64)/t23?,24?,25-,26+,27+,28?,29?,30+,31-,32?,33+,34?,36-,37-/m1/s1. The Morgan fingerprint density at radius 3 is 1.56 bits per heavy atom. The van der Waals surface area contributed by atoms with E-state index in [9.17, 15) is 49.2 Å². The molecule has 1 aliphatic carbocycles. The van der Waals surface area contributed by atoms with Crippen molar-refractivity contribution in [3.05, 3.63) is 12.2 Å². The van der Waals surface area contributed by atoms with Crippen LogP contribution in [0.15, 0.2) is 12.2 Å². The molecule has 420 valence electrons. The highest BCUT2D eigenvalue weighted by molar-refractivity contribution is 5.81. The van der Waals surface area contributed by atoms with Crippen LogP contribution in [0.4, 0.5) is 24.0 Å². The van der Waals surface area contributed by atoms with Crippen molar-refractivity contribution >= 4 is 36.4 Å². The molecule has 26 heteroatoms. The Morgan fingerprint density at radius 1 is 0.603 bits per heavy atom. The van der Waals surface area contributed by atoms with Crippen LogP contribution in [-0.4, -0.2) is 190 Å². The van der Waals surface area contributed by atoms with Gasteiger partial charge < -0.3 is 101 Å². The van der Waals surface area contributed by atoms with E-state index < -0.39 is 157 Å². The van der Waals surface area contributed by atoms with Gasteiger partial charge in [0, 0.05) is 6.54 Å². The summed E-state index contributed by atoms with van der Waals surface area (Å²) in [5.41, 5.74) is 2.50. The number of aliphatic hydroxyl groups is 4. The third kappa shape index (κ3) is 21.9. The smallest absolute Gasteiger partial charge is 0.408 e. The van der Waals surface area contributed by atoms with Gasteiger partial charge in [0.1, 0.15) is 58.5 Å². The summed E-state index contributed by atoms with van der Waals surface area (Å²) in [6.45, 7) is 23.5. The number of carbonyl (C=O) groups excluding carboxylic acids is 6. The van der Waals surface area contributed by atoms with E-state index >= 15 is 0 Å². The second kappa shape index (κ2) is 25.6. The Morgan fingerprint density at radius 2 is 1.05 bits per heavy atom. The van der Waals surface area contributed by atoms with Crippen LogP contribution in [0.5, 0.6) is 0 Å². The number of amides is 6. The fraction of sp³-hybridized carbons (Fsp3) is 0.830. The summed E-state index contributed by atoms with van der Waals surface area (Å²) in [4.78, 5) is 78.7. The first-order valence-electron chi connectivity index (χ1n) is 24.3. The fourth-order valence-corrected chi connectivity index (χ4v) is 7.46. The van der Waals surface area contributed by atoms with Crippen LogP contribution in [0.3, 0.4) is 0 Å². The minimum absolute atomic E-state index is 0.149. The number of hydrogen-bond acceptors (Lipinski definition) is 20. The van der Waals surface area contributed by atoms with E-state index in [1.807, 2.05) is 0 Å².